The third-order valence-electron chi connectivity index (χ3n) is 7.30. The molecule has 0 N–H and O–H groups in total. The average molecular weight is 623 g/mol. The standard InChI is InChI=1S/C33H50N2O7.ClH/c1-34(33(36)14-13-29-9-5-3-6-10-29)32(30-11-7-4-8-12-30)28-35-16-15-31(27-35)42-26-25-41-24-23-40-22-21-39-20-19-38-18-17-37-2;/h3-12,31-32H,13-28H2,1-2H3;1H/t31-,32+;/m0./s1. The number of amides is 1. The quantitative estimate of drug-likeness (QED) is 0.172. The second-order valence-electron chi connectivity index (χ2n) is 10.4. The van der Waals surface area contributed by atoms with Crippen molar-refractivity contribution in [2.24, 2.45) is 0 Å². The number of carbonyl (C=O) groups is 1. The molecule has 0 spiro atoms. The molecule has 1 amide bonds. The van der Waals surface area contributed by atoms with E-state index in [4.69, 9.17) is 28.4 Å². The molecule has 2 aromatic carbocycles. The molecule has 0 aromatic heterocycles. The van der Waals surface area contributed by atoms with E-state index in [-0.39, 0.29) is 30.5 Å². The van der Waals surface area contributed by atoms with Gasteiger partial charge in [-0.05, 0) is 24.0 Å². The Hall–Kier alpha value is -2.08. The van der Waals surface area contributed by atoms with Gasteiger partial charge in [0, 0.05) is 40.2 Å². The fraction of sp³-hybridized carbons (Fsp3) is 0.606. The molecule has 1 aliphatic heterocycles. The number of rotatable bonds is 23. The maximum atomic E-state index is 13.2. The molecule has 2 aromatic rings. The summed E-state index contributed by atoms with van der Waals surface area (Å²) in [6, 6.07) is 20.5. The van der Waals surface area contributed by atoms with E-state index in [2.05, 4.69) is 29.2 Å². The maximum Gasteiger partial charge on any atom is 0.223 e. The first-order valence-electron chi connectivity index (χ1n) is 15.2. The average Bonchev–Trinajstić information content (AvgIpc) is 3.48. The van der Waals surface area contributed by atoms with Crippen molar-refractivity contribution >= 4 is 18.3 Å². The fourth-order valence-electron chi connectivity index (χ4n) is 4.89. The fourth-order valence-corrected chi connectivity index (χ4v) is 4.89. The van der Waals surface area contributed by atoms with E-state index in [0.717, 1.165) is 38.0 Å². The summed E-state index contributed by atoms with van der Waals surface area (Å²) in [5, 5.41) is 0. The van der Waals surface area contributed by atoms with Gasteiger partial charge in [0.05, 0.1) is 78.2 Å². The van der Waals surface area contributed by atoms with Gasteiger partial charge in [-0.25, -0.2) is 0 Å². The molecule has 0 aliphatic carbocycles. The molecule has 1 aliphatic rings. The summed E-state index contributed by atoms with van der Waals surface area (Å²) in [6.07, 6.45) is 2.41. The minimum absolute atomic E-state index is 0. The van der Waals surface area contributed by atoms with Crippen molar-refractivity contribution in [3.63, 3.8) is 0 Å². The zero-order chi connectivity index (χ0) is 29.7. The number of likely N-dealkylation sites (N-methyl/N-ethyl adjacent to an activating group) is 1. The summed E-state index contributed by atoms with van der Waals surface area (Å²) in [5.74, 6) is 0.164. The lowest BCUT2D eigenvalue weighted by Gasteiger charge is -2.32. The molecule has 1 fully saturated rings. The third kappa shape index (κ3) is 15.5. The molecule has 43 heavy (non-hydrogen) atoms. The Morgan fingerprint density at radius 3 is 1.93 bits per heavy atom. The summed E-state index contributed by atoms with van der Waals surface area (Å²) in [5.41, 5.74) is 2.35. The van der Waals surface area contributed by atoms with Crippen LogP contribution in [0.4, 0.5) is 0 Å². The molecule has 2 atom stereocenters. The second kappa shape index (κ2) is 23.3. The molecular formula is C33H51ClN2O7. The van der Waals surface area contributed by atoms with Gasteiger partial charge >= 0.3 is 0 Å². The van der Waals surface area contributed by atoms with Crippen LogP contribution in [0.1, 0.15) is 30.0 Å². The lowest BCUT2D eigenvalue weighted by molar-refractivity contribution is -0.132. The molecule has 0 radical (unpaired) electrons. The Morgan fingerprint density at radius 1 is 0.814 bits per heavy atom. The topological polar surface area (TPSA) is 78.9 Å². The first-order valence-corrected chi connectivity index (χ1v) is 15.2. The number of aryl methyl sites for hydroxylation is 1. The summed E-state index contributed by atoms with van der Waals surface area (Å²) < 4.78 is 33.0. The predicted molar refractivity (Wildman–Crippen MR) is 170 cm³/mol. The molecule has 0 bridgehead atoms. The Morgan fingerprint density at radius 2 is 1.35 bits per heavy atom. The van der Waals surface area contributed by atoms with Crippen molar-refractivity contribution in [2.45, 2.75) is 31.4 Å². The van der Waals surface area contributed by atoms with Crippen LogP contribution in [0.15, 0.2) is 60.7 Å². The van der Waals surface area contributed by atoms with Gasteiger partial charge in [0.2, 0.25) is 5.91 Å². The number of likely N-dealkylation sites (tertiary alicyclic amines) is 1. The van der Waals surface area contributed by atoms with Crippen molar-refractivity contribution in [1.82, 2.24) is 9.80 Å². The predicted octanol–water partition coefficient (Wildman–Crippen LogP) is 4.04. The van der Waals surface area contributed by atoms with Gasteiger partial charge in [0.1, 0.15) is 0 Å². The summed E-state index contributed by atoms with van der Waals surface area (Å²) in [6.45, 7) is 8.13. The van der Waals surface area contributed by atoms with Crippen molar-refractivity contribution in [3.05, 3.63) is 71.8 Å². The molecule has 1 heterocycles. The van der Waals surface area contributed by atoms with E-state index in [1.54, 1.807) is 7.11 Å². The van der Waals surface area contributed by atoms with Crippen molar-refractivity contribution in [2.75, 3.05) is 99.9 Å². The van der Waals surface area contributed by atoms with Crippen LogP contribution in [0, 0.1) is 0 Å². The zero-order valence-electron chi connectivity index (χ0n) is 25.9. The normalized spacial score (nSPS) is 15.7. The van der Waals surface area contributed by atoms with Crippen LogP contribution in [-0.4, -0.2) is 122 Å². The minimum atomic E-state index is -0.00353. The molecule has 0 unspecified atom stereocenters. The summed E-state index contributed by atoms with van der Waals surface area (Å²) >= 11 is 0. The number of halogens is 1. The summed E-state index contributed by atoms with van der Waals surface area (Å²) in [4.78, 5) is 17.5. The highest BCUT2D eigenvalue weighted by molar-refractivity contribution is 5.85. The van der Waals surface area contributed by atoms with Crippen LogP contribution in [0.5, 0.6) is 0 Å². The van der Waals surface area contributed by atoms with Gasteiger partial charge in [-0.1, -0.05) is 60.7 Å². The molecule has 9 nitrogen and oxygen atoms in total. The van der Waals surface area contributed by atoms with Crippen molar-refractivity contribution < 1.29 is 33.2 Å². The number of ether oxygens (including phenoxy) is 6. The molecular weight excluding hydrogens is 572 g/mol. The molecule has 0 saturated carbocycles. The van der Waals surface area contributed by atoms with E-state index in [1.165, 1.54) is 5.56 Å². The van der Waals surface area contributed by atoms with E-state index < -0.39 is 0 Å². The number of benzene rings is 2. The Bertz CT molecular complexity index is 957. The number of hydrogen-bond acceptors (Lipinski definition) is 8. The van der Waals surface area contributed by atoms with Crippen LogP contribution >= 0.6 is 12.4 Å². The van der Waals surface area contributed by atoms with E-state index in [0.29, 0.717) is 72.5 Å². The summed E-state index contributed by atoms with van der Waals surface area (Å²) in [7, 11) is 3.59. The molecule has 10 heteroatoms. The second-order valence-corrected chi connectivity index (χ2v) is 10.4. The van der Waals surface area contributed by atoms with Gasteiger partial charge in [-0.15, -0.1) is 12.4 Å². The highest BCUT2D eigenvalue weighted by Crippen LogP contribution is 2.24. The van der Waals surface area contributed by atoms with Crippen LogP contribution in [0.2, 0.25) is 0 Å². The first-order chi connectivity index (χ1) is 20.7. The first kappa shape index (κ1) is 37.1. The van der Waals surface area contributed by atoms with E-state index >= 15 is 0 Å². The van der Waals surface area contributed by atoms with Crippen LogP contribution in [0.3, 0.4) is 0 Å². The van der Waals surface area contributed by atoms with Gasteiger partial charge in [-0.2, -0.15) is 0 Å². The molecule has 3 rings (SSSR count). The van der Waals surface area contributed by atoms with Crippen molar-refractivity contribution in [3.8, 4) is 0 Å². The SMILES string of the molecule is COCCOCCOCCOCCOCCO[C@H]1CCN(C[C@H](c2ccccc2)N(C)C(=O)CCc2ccccc2)C1.Cl. The Balaban J connectivity index is 0.00000645. The van der Waals surface area contributed by atoms with Crippen molar-refractivity contribution in [1.29, 1.82) is 0 Å². The number of methoxy groups -OCH3 is 1. The molecule has 1 saturated heterocycles. The van der Waals surface area contributed by atoms with Gasteiger partial charge in [0.25, 0.3) is 0 Å². The highest BCUT2D eigenvalue weighted by atomic mass is 35.5. The van der Waals surface area contributed by atoms with Crippen LogP contribution in [0.25, 0.3) is 0 Å². The van der Waals surface area contributed by atoms with Crippen LogP contribution in [-0.2, 0) is 39.6 Å². The van der Waals surface area contributed by atoms with Gasteiger partial charge in [-0.3, -0.25) is 9.69 Å². The van der Waals surface area contributed by atoms with Gasteiger partial charge in [0.15, 0.2) is 0 Å². The Kier molecular flexibility index (Phi) is 20.1. The van der Waals surface area contributed by atoms with Crippen LogP contribution < -0.4 is 0 Å². The van der Waals surface area contributed by atoms with E-state index in [1.807, 2.05) is 48.3 Å². The number of hydrogen-bond donors (Lipinski definition) is 0. The van der Waals surface area contributed by atoms with Gasteiger partial charge < -0.3 is 33.3 Å². The number of carbonyl (C=O) groups excluding carboxylic acids is 1. The lowest BCUT2D eigenvalue weighted by Crippen LogP contribution is -2.39. The zero-order valence-corrected chi connectivity index (χ0v) is 26.7. The highest BCUT2D eigenvalue weighted by Gasteiger charge is 2.29. The van der Waals surface area contributed by atoms with E-state index in [9.17, 15) is 4.79 Å². The maximum absolute atomic E-state index is 13.2. The monoisotopic (exact) mass is 622 g/mol. The largest absolute Gasteiger partial charge is 0.382 e. The number of nitrogens with zero attached hydrogens (tertiary/aromatic N) is 2. The third-order valence-corrected chi connectivity index (χ3v) is 7.30. The lowest BCUT2D eigenvalue weighted by atomic mass is 10.0. The molecule has 242 valence electrons. The Labute approximate surface area is 264 Å². The minimum Gasteiger partial charge on any atom is -0.382 e. The smallest absolute Gasteiger partial charge is 0.223 e.